The van der Waals surface area contributed by atoms with E-state index >= 15 is 0 Å². The highest BCUT2D eigenvalue weighted by atomic mass is 28.4. The fourth-order valence-electron chi connectivity index (χ4n) is 4.08. The predicted octanol–water partition coefficient (Wildman–Crippen LogP) is 3.28. The molecule has 0 aliphatic carbocycles. The lowest BCUT2D eigenvalue weighted by Gasteiger charge is -2.43. The highest BCUT2D eigenvalue weighted by Gasteiger charge is 2.51. The van der Waals surface area contributed by atoms with Gasteiger partial charge in [0.1, 0.15) is 12.2 Å². The van der Waals surface area contributed by atoms with E-state index in [0.717, 1.165) is 6.29 Å². The zero-order valence-electron chi connectivity index (χ0n) is 17.3. The molecule has 1 fully saturated rings. The molecule has 1 aliphatic heterocycles. The summed E-state index contributed by atoms with van der Waals surface area (Å²) in [7, 11) is -2.66. The average Bonchev–Trinajstić information content (AvgIpc) is 2.97. The van der Waals surface area contributed by atoms with Crippen LogP contribution >= 0.6 is 0 Å². The Bertz CT molecular complexity index is 744. The number of benzene rings is 2. The van der Waals surface area contributed by atoms with E-state index in [1.807, 2.05) is 26.0 Å². The lowest BCUT2D eigenvalue weighted by atomic mass is 10.2. The molecule has 2 aromatic rings. The van der Waals surface area contributed by atoms with E-state index in [1.54, 1.807) is 0 Å². The van der Waals surface area contributed by atoms with Crippen LogP contribution in [0.15, 0.2) is 60.7 Å². The summed E-state index contributed by atoms with van der Waals surface area (Å²) >= 11 is 0. The Labute approximate surface area is 169 Å². The Kier molecular flexibility index (Phi) is 5.91. The Morgan fingerprint density at radius 3 is 1.89 bits per heavy atom. The summed E-state index contributed by atoms with van der Waals surface area (Å²) in [5.41, 5.74) is 0. The molecule has 4 nitrogen and oxygen atoms in total. The number of carbonyl (C=O) groups is 1. The van der Waals surface area contributed by atoms with Gasteiger partial charge < -0.3 is 18.7 Å². The molecule has 5 heteroatoms. The van der Waals surface area contributed by atoms with Crippen molar-refractivity contribution in [3.8, 4) is 0 Å². The first-order valence-corrected chi connectivity index (χ1v) is 11.7. The van der Waals surface area contributed by atoms with Gasteiger partial charge >= 0.3 is 0 Å². The topological polar surface area (TPSA) is 44.8 Å². The monoisotopic (exact) mass is 398 g/mol. The maximum Gasteiger partial charge on any atom is 0.261 e. The molecule has 0 saturated carbocycles. The first kappa shape index (κ1) is 20.9. The van der Waals surface area contributed by atoms with Gasteiger partial charge in [-0.15, -0.1) is 0 Å². The molecule has 0 amide bonds. The van der Waals surface area contributed by atoms with Crippen LogP contribution in [0.25, 0.3) is 0 Å². The normalized spacial score (nSPS) is 22.2. The zero-order valence-corrected chi connectivity index (χ0v) is 18.3. The molecular formula is C23H30O4Si. The average molecular weight is 399 g/mol. The standard InChI is InChI=1S/C23H30O4Si/c1-22(2,3)28(18-12-8-6-9-13-18,19-14-10-7-11-15-19)25-17-21-20(16-24)26-23(4,5)27-21/h6-16,20-21H,17H2,1-5H3/t20-,21-/m1/s1. The fraction of sp³-hybridized carbons (Fsp3) is 0.435. The molecule has 1 saturated heterocycles. The van der Waals surface area contributed by atoms with Crippen LogP contribution < -0.4 is 10.4 Å². The van der Waals surface area contributed by atoms with Gasteiger partial charge in [-0.1, -0.05) is 81.4 Å². The molecular weight excluding hydrogens is 368 g/mol. The van der Waals surface area contributed by atoms with Gasteiger partial charge in [0.15, 0.2) is 12.1 Å². The summed E-state index contributed by atoms with van der Waals surface area (Å²) in [5.74, 6) is -0.787. The second-order valence-corrected chi connectivity index (χ2v) is 13.1. The highest BCUT2D eigenvalue weighted by Crippen LogP contribution is 2.37. The van der Waals surface area contributed by atoms with Crippen molar-refractivity contribution < 1.29 is 18.7 Å². The van der Waals surface area contributed by atoms with Gasteiger partial charge in [0.2, 0.25) is 0 Å². The minimum atomic E-state index is -2.66. The summed E-state index contributed by atoms with van der Waals surface area (Å²) < 4.78 is 18.5. The van der Waals surface area contributed by atoms with Crippen molar-refractivity contribution in [1.29, 1.82) is 0 Å². The lowest BCUT2D eigenvalue weighted by Crippen LogP contribution is -2.67. The van der Waals surface area contributed by atoms with Crippen molar-refractivity contribution in [2.45, 2.75) is 57.7 Å². The van der Waals surface area contributed by atoms with Crippen molar-refractivity contribution in [3.63, 3.8) is 0 Å². The van der Waals surface area contributed by atoms with Crippen molar-refractivity contribution in [2.24, 2.45) is 0 Å². The largest absolute Gasteiger partial charge is 0.405 e. The quantitative estimate of drug-likeness (QED) is 0.553. The second kappa shape index (κ2) is 7.91. The molecule has 0 aromatic heterocycles. The molecule has 0 N–H and O–H groups in total. The highest BCUT2D eigenvalue weighted by molar-refractivity contribution is 6.99. The van der Waals surface area contributed by atoms with E-state index in [-0.39, 0.29) is 5.04 Å². The summed E-state index contributed by atoms with van der Waals surface area (Å²) in [5, 5.41) is 2.28. The van der Waals surface area contributed by atoms with E-state index in [2.05, 4.69) is 69.3 Å². The number of aldehydes is 1. The Balaban J connectivity index is 2.03. The van der Waals surface area contributed by atoms with Crippen LogP contribution in [0.3, 0.4) is 0 Å². The molecule has 0 bridgehead atoms. The minimum absolute atomic E-state index is 0.124. The molecule has 2 aromatic carbocycles. The van der Waals surface area contributed by atoms with Gasteiger partial charge in [-0.05, 0) is 29.3 Å². The minimum Gasteiger partial charge on any atom is -0.405 e. The number of hydrogen-bond donors (Lipinski definition) is 0. The molecule has 0 spiro atoms. The first-order chi connectivity index (χ1) is 13.2. The van der Waals surface area contributed by atoms with Crippen molar-refractivity contribution in [3.05, 3.63) is 60.7 Å². The van der Waals surface area contributed by atoms with Gasteiger partial charge in [-0.25, -0.2) is 0 Å². The summed E-state index contributed by atoms with van der Waals surface area (Å²) in [6.07, 6.45) is -0.226. The van der Waals surface area contributed by atoms with Gasteiger partial charge in [-0.3, -0.25) is 0 Å². The van der Waals surface area contributed by atoms with Gasteiger partial charge in [0.05, 0.1) is 6.61 Å². The molecule has 0 radical (unpaired) electrons. The van der Waals surface area contributed by atoms with Crippen LogP contribution in [0, 0.1) is 0 Å². The third-order valence-corrected chi connectivity index (χ3v) is 10.2. The molecule has 1 heterocycles. The van der Waals surface area contributed by atoms with Crippen molar-refractivity contribution in [2.75, 3.05) is 6.61 Å². The van der Waals surface area contributed by atoms with E-state index in [4.69, 9.17) is 13.9 Å². The number of ether oxygens (including phenoxy) is 2. The van der Waals surface area contributed by atoms with E-state index in [1.165, 1.54) is 10.4 Å². The summed E-state index contributed by atoms with van der Waals surface area (Å²) in [6.45, 7) is 10.6. The molecule has 0 unspecified atom stereocenters. The van der Waals surface area contributed by atoms with Crippen LogP contribution in [0.1, 0.15) is 34.6 Å². The number of rotatable bonds is 6. The number of carbonyl (C=O) groups excluding carboxylic acids is 1. The maximum atomic E-state index is 11.5. The molecule has 28 heavy (non-hydrogen) atoms. The Morgan fingerprint density at radius 1 is 0.964 bits per heavy atom. The molecule has 2 atom stereocenters. The summed E-state index contributed by atoms with van der Waals surface area (Å²) in [4.78, 5) is 11.5. The SMILES string of the molecule is CC1(C)O[C@H](C=O)[C@@H](CO[Si](c2ccccc2)(c2ccccc2)C(C)(C)C)O1. The van der Waals surface area contributed by atoms with Crippen LogP contribution in [-0.2, 0) is 18.7 Å². The Morgan fingerprint density at radius 2 is 1.46 bits per heavy atom. The number of hydrogen-bond acceptors (Lipinski definition) is 4. The summed E-state index contributed by atoms with van der Waals surface area (Å²) in [6, 6.07) is 20.9. The van der Waals surface area contributed by atoms with E-state index in [0.29, 0.717) is 6.61 Å². The molecule has 1 aliphatic rings. The van der Waals surface area contributed by atoms with Crippen LogP contribution in [0.4, 0.5) is 0 Å². The Hall–Kier alpha value is -1.79. The first-order valence-electron chi connectivity index (χ1n) is 9.75. The van der Waals surface area contributed by atoms with Gasteiger partial charge in [0.25, 0.3) is 8.32 Å². The zero-order chi connectivity index (χ0) is 20.4. The van der Waals surface area contributed by atoms with Crippen LogP contribution in [-0.4, -0.2) is 39.2 Å². The fourth-order valence-corrected chi connectivity index (χ4v) is 8.65. The van der Waals surface area contributed by atoms with E-state index < -0.39 is 26.3 Å². The lowest BCUT2D eigenvalue weighted by molar-refractivity contribution is -0.151. The second-order valence-electron chi connectivity index (χ2n) is 8.75. The van der Waals surface area contributed by atoms with Crippen molar-refractivity contribution in [1.82, 2.24) is 0 Å². The van der Waals surface area contributed by atoms with Crippen LogP contribution in [0.5, 0.6) is 0 Å². The smallest absolute Gasteiger partial charge is 0.261 e. The van der Waals surface area contributed by atoms with Gasteiger partial charge in [-0.2, -0.15) is 0 Å². The predicted molar refractivity (Wildman–Crippen MR) is 113 cm³/mol. The molecule has 150 valence electrons. The molecule has 3 rings (SSSR count). The van der Waals surface area contributed by atoms with Crippen LogP contribution in [0.2, 0.25) is 5.04 Å². The third kappa shape index (κ3) is 3.98. The maximum absolute atomic E-state index is 11.5. The van der Waals surface area contributed by atoms with Crippen molar-refractivity contribution >= 4 is 25.0 Å². The van der Waals surface area contributed by atoms with E-state index in [9.17, 15) is 4.79 Å². The van der Waals surface area contributed by atoms with Gasteiger partial charge in [0, 0.05) is 0 Å². The third-order valence-electron chi connectivity index (χ3n) is 5.24.